The summed E-state index contributed by atoms with van der Waals surface area (Å²) in [5.74, 6) is 1.41. The first-order valence-electron chi connectivity index (χ1n) is 7.52. The summed E-state index contributed by atoms with van der Waals surface area (Å²) in [6.07, 6.45) is 7.28. The van der Waals surface area contributed by atoms with Crippen molar-refractivity contribution >= 4 is 5.69 Å². The van der Waals surface area contributed by atoms with Crippen molar-refractivity contribution in [3.8, 4) is 17.1 Å². The van der Waals surface area contributed by atoms with E-state index in [-0.39, 0.29) is 0 Å². The van der Waals surface area contributed by atoms with Crippen molar-refractivity contribution < 1.29 is 4.74 Å². The number of benzene rings is 1. The lowest BCUT2D eigenvalue weighted by Gasteiger charge is -2.17. The minimum atomic E-state index is 0.349. The quantitative estimate of drug-likeness (QED) is 0.693. The third-order valence-corrected chi connectivity index (χ3v) is 4.17. The van der Waals surface area contributed by atoms with Gasteiger partial charge < -0.3 is 10.5 Å². The van der Waals surface area contributed by atoms with E-state index in [9.17, 15) is 0 Å². The van der Waals surface area contributed by atoms with Crippen LogP contribution in [-0.4, -0.2) is 27.3 Å². The van der Waals surface area contributed by atoms with Gasteiger partial charge in [-0.3, -0.25) is 0 Å². The Morgan fingerprint density at radius 3 is 2.67 bits per heavy atom. The molecular formula is C15H21N5O. The highest BCUT2D eigenvalue weighted by Crippen LogP contribution is 2.36. The molecule has 1 heterocycles. The zero-order valence-electron chi connectivity index (χ0n) is 12.3. The monoisotopic (exact) mass is 287 g/mol. The molecular weight excluding hydrogens is 266 g/mol. The second-order valence-corrected chi connectivity index (χ2v) is 5.52. The van der Waals surface area contributed by atoms with Gasteiger partial charge in [-0.15, -0.1) is 5.10 Å². The Hall–Kier alpha value is -2.11. The van der Waals surface area contributed by atoms with Crippen LogP contribution in [0.5, 0.6) is 5.75 Å². The number of rotatable bonds is 3. The molecule has 0 aliphatic heterocycles. The average Bonchev–Trinajstić information content (AvgIpc) is 2.81. The molecule has 1 aliphatic rings. The molecule has 0 bridgehead atoms. The molecule has 1 fully saturated rings. The average molecular weight is 287 g/mol. The molecule has 0 saturated heterocycles. The predicted molar refractivity (Wildman–Crippen MR) is 81.0 cm³/mol. The summed E-state index contributed by atoms with van der Waals surface area (Å²) >= 11 is 0. The fourth-order valence-electron chi connectivity index (χ4n) is 3.06. The highest BCUT2D eigenvalue weighted by Gasteiger charge is 2.23. The number of nitrogen functional groups attached to an aromatic ring is 1. The largest absolute Gasteiger partial charge is 0.496 e. The molecule has 0 amide bonds. The highest BCUT2D eigenvalue weighted by atomic mass is 16.5. The van der Waals surface area contributed by atoms with Crippen LogP contribution < -0.4 is 10.5 Å². The molecule has 2 aromatic rings. The summed E-state index contributed by atoms with van der Waals surface area (Å²) < 4.78 is 7.36. The van der Waals surface area contributed by atoms with Crippen LogP contribution in [0.25, 0.3) is 11.4 Å². The summed E-state index contributed by atoms with van der Waals surface area (Å²) in [5, 5.41) is 12.3. The van der Waals surface area contributed by atoms with Gasteiger partial charge in [0.05, 0.1) is 18.7 Å². The lowest BCUT2D eigenvalue weighted by molar-refractivity contribution is 0.396. The van der Waals surface area contributed by atoms with Crippen molar-refractivity contribution in [1.82, 2.24) is 20.2 Å². The summed E-state index contributed by atoms with van der Waals surface area (Å²) in [6.45, 7) is 0. The normalized spacial score (nSPS) is 16.6. The Morgan fingerprint density at radius 1 is 1.19 bits per heavy atom. The van der Waals surface area contributed by atoms with E-state index in [0.717, 1.165) is 18.4 Å². The lowest BCUT2D eigenvalue weighted by Crippen LogP contribution is -2.12. The van der Waals surface area contributed by atoms with Gasteiger partial charge in [-0.1, -0.05) is 31.7 Å². The number of aromatic nitrogens is 4. The van der Waals surface area contributed by atoms with Gasteiger partial charge >= 0.3 is 0 Å². The van der Waals surface area contributed by atoms with Crippen molar-refractivity contribution in [3.63, 3.8) is 0 Å². The molecule has 6 heteroatoms. The standard InChI is InChI=1S/C15H21N5O/c1-21-13-10-6-9-12(16)14(13)15-17-18-19-20(15)11-7-4-2-3-5-8-11/h6,9-11H,2-5,7-8,16H2,1H3. The van der Waals surface area contributed by atoms with Gasteiger partial charge in [-0.05, 0) is 35.4 Å². The van der Waals surface area contributed by atoms with Gasteiger partial charge in [0.1, 0.15) is 5.75 Å². The Bertz CT molecular complexity index is 602. The van der Waals surface area contributed by atoms with Crippen molar-refractivity contribution in [3.05, 3.63) is 18.2 Å². The van der Waals surface area contributed by atoms with E-state index in [1.807, 2.05) is 22.9 Å². The van der Waals surface area contributed by atoms with Crippen LogP contribution >= 0.6 is 0 Å². The number of hydrogen-bond acceptors (Lipinski definition) is 5. The SMILES string of the molecule is COc1cccc(N)c1-c1nnnn1C1CCCCCC1. The fourth-order valence-corrected chi connectivity index (χ4v) is 3.06. The number of nitrogens with zero attached hydrogens (tertiary/aromatic N) is 4. The minimum Gasteiger partial charge on any atom is -0.496 e. The molecule has 0 spiro atoms. The van der Waals surface area contributed by atoms with Crippen LogP contribution in [0.15, 0.2) is 18.2 Å². The zero-order chi connectivity index (χ0) is 14.7. The smallest absolute Gasteiger partial charge is 0.188 e. The molecule has 112 valence electrons. The van der Waals surface area contributed by atoms with E-state index < -0.39 is 0 Å². The van der Waals surface area contributed by atoms with Gasteiger partial charge in [0.15, 0.2) is 5.82 Å². The fraction of sp³-hybridized carbons (Fsp3) is 0.533. The molecule has 1 aromatic heterocycles. The highest BCUT2D eigenvalue weighted by molar-refractivity contribution is 5.77. The molecule has 1 aliphatic carbocycles. The van der Waals surface area contributed by atoms with Gasteiger partial charge in [-0.2, -0.15) is 0 Å². The number of nitrogens with two attached hydrogens (primary N) is 1. The Kier molecular flexibility index (Phi) is 4.03. The number of anilines is 1. The Labute approximate surface area is 124 Å². The number of ether oxygens (including phenoxy) is 1. The number of tetrazole rings is 1. The maximum absolute atomic E-state index is 6.13. The van der Waals surface area contributed by atoms with Gasteiger partial charge in [0, 0.05) is 5.69 Å². The maximum atomic E-state index is 6.13. The molecule has 1 aromatic carbocycles. The van der Waals surface area contributed by atoms with Gasteiger partial charge in [0.25, 0.3) is 0 Å². The van der Waals surface area contributed by atoms with E-state index >= 15 is 0 Å². The van der Waals surface area contributed by atoms with E-state index in [4.69, 9.17) is 10.5 Å². The van der Waals surface area contributed by atoms with E-state index in [0.29, 0.717) is 23.3 Å². The zero-order valence-corrected chi connectivity index (χ0v) is 12.3. The lowest BCUT2D eigenvalue weighted by atomic mass is 10.1. The minimum absolute atomic E-state index is 0.349. The third kappa shape index (κ3) is 2.70. The second-order valence-electron chi connectivity index (χ2n) is 5.52. The molecule has 21 heavy (non-hydrogen) atoms. The first-order valence-corrected chi connectivity index (χ1v) is 7.52. The Balaban J connectivity index is 2.02. The van der Waals surface area contributed by atoms with Crippen LogP contribution in [0.1, 0.15) is 44.6 Å². The Morgan fingerprint density at radius 2 is 1.95 bits per heavy atom. The molecule has 3 rings (SSSR count). The predicted octanol–water partition coefficient (Wildman–Crippen LogP) is 2.83. The van der Waals surface area contributed by atoms with Gasteiger partial charge in [-0.25, -0.2) is 4.68 Å². The van der Waals surface area contributed by atoms with Crippen molar-refractivity contribution in [1.29, 1.82) is 0 Å². The van der Waals surface area contributed by atoms with Crippen LogP contribution in [0, 0.1) is 0 Å². The van der Waals surface area contributed by atoms with E-state index in [1.165, 1.54) is 25.7 Å². The summed E-state index contributed by atoms with van der Waals surface area (Å²) in [6, 6.07) is 5.96. The molecule has 2 N–H and O–H groups in total. The maximum Gasteiger partial charge on any atom is 0.188 e. The first kappa shape index (κ1) is 13.9. The third-order valence-electron chi connectivity index (χ3n) is 4.17. The van der Waals surface area contributed by atoms with Crippen LogP contribution in [0.2, 0.25) is 0 Å². The van der Waals surface area contributed by atoms with E-state index in [2.05, 4.69) is 15.5 Å². The molecule has 0 unspecified atom stereocenters. The number of hydrogen-bond donors (Lipinski definition) is 1. The molecule has 6 nitrogen and oxygen atoms in total. The molecule has 0 atom stereocenters. The summed E-state index contributed by atoms with van der Waals surface area (Å²) in [7, 11) is 1.64. The molecule has 0 radical (unpaired) electrons. The number of methoxy groups -OCH3 is 1. The summed E-state index contributed by atoms with van der Waals surface area (Å²) in [4.78, 5) is 0. The topological polar surface area (TPSA) is 78.8 Å². The van der Waals surface area contributed by atoms with E-state index in [1.54, 1.807) is 7.11 Å². The van der Waals surface area contributed by atoms with Crippen LogP contribution in [-0.2, 0) is 0 Å². The first-order chi connectivity index (χ1) is 10.3. The summed E-state index contributed by atoms with van der Waals surface area (Å²) in [5.41, 5.74) is 7.55. The van der Waals surface area contributed by atoms with Crippen molar-refractivity contribution in [2.45, 2.75) is 44.6 Å². The van der Waals surface area contributed by atoms with Crippen molar-refractivity contribution in [2.75, 3.05) is 12.8 Å². The van der Waals surface area contributed by atoms with Crippen molar-refractivity contribution in [2.24, 2.45) is 0 Å². The van der Waals surface area contributed by atoms with Crippen LogP contribution in [0.3, 0.4) is 0 Å². The second kappa shape index (κ2) is 6.11. The van der Waals surface area contributed by atoms with Gasteiger partial charge in [0.2, 0.25) is 0 Å². The molecule has 1 saturated carbocycles. The van der Waals surface area contributed by atoms with Crippen LogP contribution in [0.4, 0.5) is 5.69 Å².